The Morgan fingerprint density at radius 2 is 2.13 bits per heavy atom. The maximum Gasteiger partial charge on any atom is 0.139 e. The molecule has 84 valence electrons. The summed E-state index contributed by atoms with van der Waals surface area (Å²) in [6, 6.07) is 3.73. The van der Waals surface area contributed by atoms with Crippen LogP contribution in [0.3, 0.4) is 0 Å². The zero-order valence-corrected chi connectivity index (χ0v) is 11.0. The summed E-state index contributed by atoms with van der Waals surface area (Å²) in [5.41, 5.74) is 1.95. The molecule has 1 aromatic rings. The van der Waals surface area contributed by atoms with Gasteiger partial charge in [-0.05, 0) is 53.9 Å². The number of hydrogen-bond donors (Lipinski definition) is 1. The standard InChI is InChI=1S/C12H17BrFN/c1-4-5-9(3)15-12-7-11(14)10(13)6-8(12)2/h6-7,9,15H,4-5H2,1-3H3. The molecular formula is C12H17BrFN. The first-order valence-electron chi connectivity index (χ1n) is 5.26. The van der Waals surface area contributed by atoms with Crippen LogP contribution in [0.4, 0.5) is 10.1 Å². The monoisotopic (exact) mass is 273 g/mol. The Morgan fingerprint density at radius 1 is 1.47 bits per heavy atom. The van der Waals surface area contributed by atoms with Crippen LogP contribution in [0.15, 0.2) is 16.6 Å². The number of anilines is 1. The molecule has 3 heteroatoms. The maximum atomic E-state index is 13.3. The van der Waals surface area contributed by atoms with Crippen molar-refractivity contribution in [2.24, 2.45) is 0 Å². The summed E-state index contributed by atoms with van der Waals surface area (Å²) in [7, 11) is 0. The van der Waals surface area contributed by atoms with E-state index in [9.17, 15) is 4.39 Å². The summed E-state index contributed by atoms with van der Waals surface area (Å²) in [5.74, 6) is -0.216. The van der Waals surface area contributed by atoms with Crippen LogP contribution in [-0.4, -0.2) is 6.04 Å². The van der Waals surface area contributed by atoms with Gasteiger partial charge in [0, 0.05) is 11.7 Å². The van der Waals surface area contributed by atoms with Crippen LogP contribution in [0.25, 0.3) is 0 Å². The van der Waals surface area contributed by atoms with Crippen molar-refractivity contribution in [3.8, 4) is 0 Å². The lowest BCUT2D eigenvalue weighted by Gasteiger charge is -2.16. The van der Waals surface area contributed by atoms with Crippen molar-refractivity contribution in [3.63, 3.8) is 0 Å². The lowest BCUT2D eigenvalue weighted by atomic mass is 10.1. The Bertz CT molecular complexity index is 339. The predicted octanol–water partition coefficient (Wildman–Crippen LogP) is 4.50. The zero-order chi connectivity index (χ0) is 11.4. The van der Waals surface area contributed by atoms with Crippen molar-refractivity contribution in [2.75, 3.05) is 5.32 Å². The first kappa shape index (κ1) is 12.5. The molecule has 1 rings (SSSR count). The van der Waals surface area contributed by atoms with Gasteiger partial charge in [-0.25, -0.2) is 4.39 Å². The molecule has 0 heterocycles. The average molecular weight is 274 g/mol. The molecule has 0 saturated carbocycles. The second-order valence-corrected chi connectivity index (χ2v) is 4.77. The maximum absolute atomic E-state index is 13.3. The van der Waals surface area contributed by atoms with E-state index in [1.165, 1.54) is 0 Å². The van der Waals surface area contributed by atoms with Gasteiger partial charge in [-0.15, -0.1) is 0 Å². The Kier molecular flexibility index (Phi) is 4.58. The van der Waals surface area contributed by atoms with Gasteiger partial charge in [-0.2, -0.15) is 0 Å². The number of aryl methyl sites for hydroxylation is 1. The molecule has 1 aromatic carbocycles. The molecule has 1 unspecified atom stereocenters. The zero-order valence-electron chi connectivity index (χ0n) is 9.40. The first-order chi connectivity index (χ1) is 7.04. The molecule has 0 fully saturated rings. The molecular weight excluding hydrogens is 257 g/mol. The summed E-state index contributed by atoms with van der Waals surface area (Å²) in [6.45, 7) is 6.24. The number of rotatable bonds is 4. The molecule has 15 heavy (non-hydrogen) atoms. The SMILES string of the molecule is CCCC(C)Nc1cc(F)c(Br)cc1C. The number of nitrogens with one attached hydrogen (secondary N) is 1. The fourth-order valence-corrected chi connectivity index (χ4v) is 2.03. The Hall–Kier alpha value is -0.570. The highest BCUT2D eigenvalue weighted by Gasteiger charge is 2.07. The predicted molar refractivity (Wildman–Crippen MR) is 66.8 cm³/mol. The molecule has 0 saturated heterocycles. The van der Waals surface area contributed by atoms with E-state index in [-0.39, 0.29) is 5.82 Å². The second kappa shape index (κ2) is 5.50. The number of hydrogen-bond acceptors (Lipinski definition) is 1. The minimum Gasteiger partial charge on any atom is -0.382 e. The largest absolute Gasteiger partial charge is 0.382 e. The van der Waals surface area contributed by atoms with Crippen LogP contribution in [0.5, 0.6) is 0 Å². The molecule has 0 spiro atoms. The highest BCUT2D eigenvalue weighted by atomic mass is 79.9. The third-order valence-corrected chi connectivity index (χ3v) is 3.00. The molecule has 1 N–H and O–H groups in total. The summed E-state index contributed by atoms with van der Waals surface area (Å²) in [5, 5.41) is 3.32. The topological polar surface area (TPSA) is 12.0 Å². The smallest absolute Gasteiger partial charge is 0.139 e. The summed E-state index contributed by atoms with van der Waals surface area (Å²) < 4.78 is 13.8. The van der Waals surface area contributed by atoms with Crippen molar-refractivity contribution in [1.82, 2.24) is 0 Å². The van der Waals surface area contributed by atoms with E-state index < -0.39 is 0 Å². The van der Waals surface area contributed by atoms with E-state index in [0.717, 1.165) is 24.1 Å². The van der Waals surface area contributed by atoms with Crippen LogP contribution < -0.4 is 5.32 Å². The average Bonchev–Trinajstić information content (AvgIpc) is 2.14. The summed E-state index contributed by atoms with van der Waals surface area (Å²) >= 11 is 3.17. The normalized spacial score (nSPS) is 12.6. The van der Waals surface area contributed by atoms with E-state index in [1.807, 2.05) is 6.92 Å². The summed E-state index contributed by atoms with van der Waals surface area (Å²) in [4.78, 5) is 0. The van der Waals surface area contributed by atoms with Crippen LogP contribution in [0.2, 0.25) is 0 Å². The highest BCUT2D eigenvalue weighted by molar-refractivity contribution is 9.10. The first-order valence-corrected chi connectivity index (χ1v) is 6.06. The van der Waals surface area contributed by atoms with E-state index in [4.69, 9.17) is 0 Å². The number of halogens is 2. The van der Waals surface area contributed by atoms with Crippen LogP contribution in [0.1, 0.15) is 32.3 Å². The van der Waals surface area contributed by atoms with E-state index in [1.54, 1.807) is 12.1 Å². The molecule has 0 amide bonds. The van der Waals surface area contributed by atoms with Crippen molar-refractivity contribution < 1.29 is 4.39 Å². The molecule has 0 bridgehead atoms. The van der Waals surface area contributed by atoms with Gasteiger partial charge in [0.25, 0.3) is 0 Å². The second-order valence-electron chi connectivity index (χ2n) is 3.92. The minimum absolute atomic E-state index is 0.216. The lowest BCUT2D eigenvalue weighted by Crippen LogP contribution is -2.15. The molecule has 0 aliphatic rings. The van der Waals surface area contributed by atoms with Gasteiger partial charge in [0.15, 0.2) is 0 Å². The molecule has 0 aromatic heterocycles. The van der Waals surface area contributed by atoms with Gasteiger partial charge in [-0.3, -0.25) is 0 Å². The van der Waals surface area contributed by atoms with Crippen LogP contribution in [-0.2, 0) is 0 Å². The van der Waals surface area contributed by atoms with Gasteiger partial charge in [-0.1, -0.05) is 13.3 Å². The fraction of sp³-hybridized carbons (Fsp3) is 0.500. The third-order valence-electron chi connectivity index (χ3n) is 2.39. The highest BCUT2D eigenvalue weighted by Crippen LogP contribution is 2.24. The fourth-order valence-electron chi connectivity index (χ4n) is 1.57. The van der Waals surface area contributed by atoms with E-state index in [2.05, 4.69) is 35.1 Å². The van der Waals surface area contributed by atoms with Gasteiger partial charge in [0.2, 0.25) is 0 Å². The Morgan fingerprint density at radius 3 is 2.73 bits per heavy atom. The van der Waals surface area contributed by atoms with Crippen molar-refractivity contribution in [1.29, 1.82) is 0 Å². The molecule has 1 nitrogen and oxygen atoms in total. The Labute approximate surface area is 99.2 Å². The quantitative estimate of drug-likeness (QED) is 0.852. The van der Waals surface area contributed by atoms with Crippen molar-refractivity contribution >= 4 is 21.6 Å². The lowest BCUT2D eigenvalue weighted by molar-refractivity contribution is 0.619. The third kappa shape index (κ3) is 3.49. The van der Waals surface area contributed by atoms with Gasteiger partial charge in [0.05, 0.1) is 4.47 Å². The van der Waals surface area contributed by atoms with Gasteiger partial charge in [0.1, 0.15) is 5.82 Å². The molecule has 0 aliphatic heterocycles. The molecule has 0 radical (unpaired) electrons. The Balaban J connectivity index is 2.81. The van der Waals surface area contributed by atoms with Crippen LogP contribution in [0, 0.1) is 12.7 Å². The number of benzene rings is 1. The minimum atomic E-state index is -0.216. The van der Waals surface area contributed by atoms with E-state index in [0.29, 0.717) is 10.5 Å². The molecule has 0 aliphatic carbocycles. The van der Waals surface area contributed by atoms with Gasteiger partial charge < -0.3 is 5.32 Å². The summed E-state index contributed by atoms with van der Waals surface area (Å²) in [6.07, 6.45) is 2.23. The van der Waals surface area contributed by atoms with Gasteiger partial charge >= 0.3 is 0 Å². The molecule has 1 atom stereocenters. The van der Waals surface area contributed by atoms with Crippen molar-refractivity contribution in [2.45, 2.75) is 39.7 Å². The van der Waals surface area contributed by atoms with E-state index >= 15 is 0 Å². The van der Waals surface area contributed by atoms with Crippen LogP contribution >= 0.6 is 15.9 Å². The van der Waals surface area contributed by atoms with Crippen molar-refractivity contribution in [3.05, 3.63) is 28.0 Å².